The van der Waals surface area contributed by atoms with Crippen LogP contribution in [0.2, 0.25) is 0 Å². The SMILES string of the molecule is CC[C@@H](CO)NCc1cc(OC)c(OC)cc1SC. The Hall–Kier alpha value is -0.910. The third-order valence-corrected chi connectivity index (χ3v) is 3.90. The highest BCUT2D eigenvalue weighted by atomic mass is 32.2. The molecule has 0 fully saturated rings. The van der Waals surface area contributed by atoms with Gasteiger partial charge in [0.2, 0.25) is 0 Å². The van der Waals surface area contributed by atoms with Gasteiger partial charge in [-0.1, -0.05) is 6.92 Å². The first-order valence-corrected chi connectivity index (χ1v) is 7.55. The minimum Gasteiger partial charge on any atom is -0.493 e. The molecule has 0 unspecified atom stereocenters. The van der Waals surface area contributed by atoms with Crippen LogP contribution < -0.4 is 14.8 Å². The van der Waals surface area contributed by atoms with Crippen molar-refractivity contribution in [3.05, 3.63) is 17.7 Å². The van der Waals surface area contributed by atoms with Gasteiger partial charge in [-0.05, 0) is 30.4 Å². The Bertz CT molecular complexity index is 395. The van der Waals surface area contributed by atoms with Gasteiger partial charge in [-0.2, -0.15) is 0 Å². The highest BCUT2D eigenvalue weighted by molar-refractivity contribution is 7.98. The van der Waals surface area contributed by atoms with E-state index in [1.54, 1.807) is 26.0 Å². The van der Waals surface area contributed by atoms with Gasteiger partial charge in [0.25, 0.3) is 0 Å². The Labute approximate surface area is 119 Å². The lowest BCUT2D eigenvalue weighted by Crippen LogP contribution is -2.31. The van der Waals surface area contributed by atoms with Gasteiger partial charge in [-0.25, -0.2) is 0 Å². The third-order valence-electron chi connectivity index (χ3n) is 3.08. The maximum absolute atomic E-state index is 9.20. The van der Waals surface area contributed by atoms with E-state index in [1.807, 2.05) is 18.4 Å². The van der Waals surface area contributed by atoms with Gasteiger partial charge in [0, 0.05) is 17.5 Å². The summed E-state index contributed by atoms with van der Waals surface area (Å²) in [5, 5.41) is 12.5. The summed E-state index contributed by atoms with van der Waals surface area (Å²) in [6.45, 7) is 2.91. The Balaban J connectivity index is 2.92. The Morgan fingerprint density at radius 2 is 1.89 bits per heavy atom. The molecule has 0 aliphatic carbocycles. The van der Waals surface area contributed by atoms with Crippen molar-refractivity contribution in [1.29, 1.82) is 0 Å². The number of aliphatic hydroxyl groups excluding tert-OH is 1. The summed E-state index contributed by atoms with van der Waals surface area (Å²) in [4.78, 5) is 1.15. The number of ether oxygens (including phenoxy) is 2. The maximum atomic E-state index is 9.20. The second-order valence-corrected chi connectivity index (χ2v) is 5.04. The summed E-state index contributed by atoms with van der Waals surface area (Å²) < 4.78 is 10.6. The largest absolute Gasteiger partial charge is 0.493 e. The van der Waals surface area contributed by atoms with Crippen LogP contribution in [0, 0.1) is 0 Å². The molecule has 0 radical (unpaired) electrons. The van der Waals surface area contributed by atoms with Crippen molar-refractivity contribution < 1.29 is 14.6 Å². The third kappa shape index (κ3) is 4.30. The number of benzene rings is 1. The molecule has 0 bridgehead atoms. The van der Waals surface area contributed by atoms with Gasteiger partial charge < -0.3 is 19.9 Å². The van der Waals surface area contributed by atoms with Crippen molar-refractivity contribution >= 4 is 11.8 Å². The van der Waals surface area contributed by atoms with Crippen LogP contribution in [0.25, 0.3) is 0 Å². The van der Waals surface area contributed by atoms with Crippen LogP contribution in [0.5, 0.6) is 11.5 Å². The second-order valence-electron chi connectivity index (χ2n) is 4.19. The highest BCUT2D eigenvalue weighted by Crippen LogP contribution is 2.34. The molecule has 108 valence electrons. The summed E-state index contributed by atoms with van der Waals surface area (Å²) >= 11 is 1.67. The van der Waals surface area contributed by atoms with Crippen molar-refractivity contribution in [3.8, 4) is 11.5 Å². The number of rotatable bonds is 8. The standard InChI is InChI=1S/C14H23NO3S/c1-5-11(9-16)15-8-10-6-12(17-2)13(18-3)7-14(10)19-4/h6-7,11,15-16H,5,8-9H2,1-4H3/t11-/m0/s1. The summed E-state index contributed by atoms with van der Waals surface area (Å²) in [6, 6.07) is 4.10. The lowest BCUT2D eigenvalue weighted by atomic mass is 10.1. The monoisotopic (exact) mass is 285 g/mol. The molecule has 4 nitrogen and oxygen atoms in total. The molecule has 5 heteroatoms. The fourth-order valence-corrected chi connectivity index (χ4v) is 2.44. The Morgan fingerprint density at radius 1 is 1.26 bits per heavy atom. The Kier molecular flexibility index (Phi) is 7.05. The highest BCUT2D eigenvalue weighted by Gasteiger charge is 2.12. The molecule has 0 amide bonds. The van der Waals surface area contributed by atoms with E-state index in [-0.39, 0.29) is 12.6 Å². The summed E-state index contributed by atoms with van der Waals surface area (Å²) in [5.41, 5.74) is 1.15. The first kappa shape index (κ1) is 16.1. The van der Waals surface area contributed by atoms with Crippen LogP contribution in [-0.4, -0.2) is 38.2 Å². The van der Waals surface area contributed by atoms with Gasteiger partial charge in [0.1, 0.15) is 0 Å². The van der Waals surface area contributed by atoms with Crippen LogP contribution >= 0.6 is 11.8 Å². The predicted octanol–water partition coefficient (Wildman–Crippen LogP) is 2.29. The first-order chi connectivity index (χ1) is 9.19. The number of methoxy groups -OCH3 is 2. The number of aliphatic hydroxyl groups is 1. The number of hydrogen-bond acceptors (Lipinski definition) is 5. The van der Waals surface area contributed by atoms with Gasteiger partial charge in [0.05, 0.1) is 20.8 Å². The molecule has 1 rings (SSSR count). The van der Waals surface area contributed by atoms with Crippen LogP contribution in [0.3, 0.4) is 0 Å². The molecule has 0 heterocycles. The van der Waals surface area contributed by atoms with Gasteiger partial charge in [-0.15, -0.1) is 11.8 Å². The zero-order valence-electron chi connectivity index (χ0n) is 12.0. The molecule has 1 aromatic rings. The molecular weight excluding hydrogens is 262 g/mol. The topological polar surface area (TPSA) is 50.7 Å². The minimum atomic E-state index is 0.128. The zero-order valence-corrected chi connectivity index (χ0v) is 12.8. The van der Waals surface area contributed by atoms with Crippen LogP contribution in [0.15, 0.2) is 17.0 Å². The van der Waals surface area contributed by atoms with E-state index in [0.29, 0.717) is 6.54 Å². The van der Waals surface area contributed by atoms with E-state index in [0.717, 1.165) is 28.4 Å². The molecule has 19 heavy (non-hydrogen) atoms. The van der Waals surface area contributed by atoms with E-state index in [1.165, 1.54) is 0 Å². The Morgan fingerprint density at radius 3 is 2.37 bits per heavy atom. The zero-order chi connectivity index (χ0) is 14.3. The van der Waals surface area contributed by atoms with Crippen molar-refractivity contribution in [2.75, 3.05) is 27.1 Å². The van der Waals surface area contributed by atoms with Crippen molar-refractivity contribution in [2.24, 2.45) is 0 Å². The molecule has 0 aliphatic heterocycles. The smallest absolute Gasteiger partial charge is 0.161 e. The number of nitrogens with one attached hydrogen (secondary N) is 1. The van der Waals surface area contributed by atoms with Crippen LogP contribution in [-0.2, 0) is 6.54 Å². The lowest BCUT2D eigenvalue weighted by molar-refractivity contribution is 0.238. The molecular formula is C14H23NO3S. The molecule has 2 N–H and O–H groups in total. The molecule has 0 saturated heterocycles. The summed E-state index contributed by atoms with van der Waals surface area (Å²) in [6.07, 6.45) is 2.94. The fraction of sp³-hybridized carbons (Fsp3) is 0.571. The quantitative estimate of drug-likeness (QED) is 0.718. The lowest BCUT2D eigenvalue weighted by Gasteiger charge is -2.17. The number of hydrogen-bond donors (Lipinski definition) is 2. The average Bonchev–Trinajstić information content (AvgIpc) is 2.47. The first-order valence-electron chi connectivity index (χ1n) is 6.33. The van der Waals surface area contributed by atoms with Gasteiger partial charge >= 0.3 is 0 Å². The molecule has 1 atom stereocenters. The van der Waals surface area contributed by atoms with Crippen molar-refractivity contribution in [1.82, 2.24) is 5.32 Å². The van der Waals surface area contributed by atoms with Crippen molar-refractivity contribution in [2.45, 2.75) is 30.8 Å². The second kappa shape index (κ2) is 8.30. The predicted molar refractivity (Wildman–Crippen MR) is 79.3 cm³/mol. The maximum Gasteiger partial charge on any atom is 0.161 e. The van der Waals surface area contributed by atoms with Crippen LogP contribution in [0.4, 0.5) is 0 Å². The van der Waals surface area contributed by atoms with Crippen LogP contribution in [0.1, 0.15) is 18.9 Å². The molecule has 0 spiro atoms. The molecule has 1 aromatic carbocycles. The van der Waals surface area contributed by atoms with E-state index >= 15 is 0 Å². The average molecular weight is 285 g/mol. The van der Waals surface area contributed by atoms with E-state index in [4.69, 9.17) is 9.47 Å². The summed E-state index contributed by atoms with van der Waals surface area (Å²) in [5.74, 6) is 1.47. The van der Waals surface area contributed by atoms with Crippen molar-refractivity contribution in [3.63, 3.8) is 0 Å². The minimum absolute atomic E-state index is 0.128. The molecule has 0 saturated carbocycles. The summed E-state index contributed by atoms with van der Waals surface area (Å²) in [7, 11) is 3.27. The van der Waals surface area contributed by atoms with E-state index in [9.17, 15) is 5.11 Å². The van der Waals surface area contributed by atoms with Gasteiger partial charge in [0.15, 0.2) is 11.5 Å². The molecule has 0 aromatic heterocycles. The normalized spacial score (nSPS) is 12.3. The number of thioether (sulfide) groups is 1. The van der Waals surface area contributed by atoms with E-state index in [2.05, 4.69) is 12.2 Å². The fourth-order valence-electron chi connectivity index (χ4n) is 1.82. The molecule has 0 aliphatic rings. The van der Waals surface area contributed by atoms with Gasteiger partial charge in [-0.3, -0.25) is 0 Å². The van der Waals surface area contributed by atoms with E-state index < -0.39 is 0 Å².